The van der Waals surface area contributed by atoms with Gasteiger partial charge in [0.05, 0.1) is 0 Å². The summed E-state index contributed by atoms with van der Waals surface area (Å²) in [5, 5.41) is 3.08. The summed E-state index contributed by atoms with van der Waals surface area (Å²) in [5.74, 6) is 2.75. The molecular weight excluding hydrogens is 238 g/mol. The molecule has 0 amide bonds. The minimum atomic E-state index is 0.774. The van der Waals surface area contributed by atoms with Gasteiger partial charge >= 0.3 is 0 Å². The van der Waals surface area contributed by atoms with Crippen LogP contribution in [0.15, 0.2) is 12.4 Å². The smallest absolute Gasteiger partial charge is 0.134 e. The second-order valence-electron chi connectivity index (χ2n) is 5.70. The van der Waals surface area contributed by atoms with Crippen molar-refractivity contribution < 1.29 is 0 Å². The number of aromatic nitrogens is 2. The maximum absolute atomic E-state index is 4.43. The third-order valence-corrected chi connectivity index (χ3v) is 4.58. The molecule has 3 heterocycles. The molecule has 104 valence electrons. The number of nitrogens with one attached hydrogen (secondary N) is 1. The molecule has 19 heavy (non-hydrogen) atoms. The van der Waals surface area contributed by atoms with Gasteiger partial charge in [0.2, 0.25) is 0 Å². The van der Waals surface area contributed by atoms with Crippen molar-refractivity contribution in [2.45, 2.75) is 25.3 Å². The number of nitrogens with zero attached hydrogens (tertiary/aromatic N) is 4. The SMILES string of the molecule is CNc1cc(N2CCC3C(CCCN3C)C2)ncn1. The van der Waals surface area contributed by atoms with Gasteiger partial charge in [0.25, 0.3) is 0 Å². The molecule has 0 spiro atoms. The zero-order chi connectivity index (χ0) is 13.2. The molecular formula is C14H23N5. The fourth-order valence-electron chi connectivity index (χ4n) is 3.52. The summed E-state index contributed by atoms with van der Waals surface area (Å²) in [6.45, 7) is 3.50. The second-order valence-corrected chi connectivity index (χ2v) is 5.70. The van der Waals surface area contributed by atoms with Crippen LogP contribution >= 0.6 is 0 Å². The van der Waals surface area contributed by atoms with Crippen molar-refractivity contribution in [3.05, 3.63) is 12.4 Å². The number of hydrogen-bond donors (Lipinski definition) is 1. The molecule has 2 unspecified atom stereocenters. The molecule has 1 aromatic heterocycles. The third kappa shape index (κ3) is 2.52. The molecule has 2 saturated heterocycles. The van der Waals surface area contributed by atoms with E-state index in [4.69, 9.17) is 0 Å². The number of anilines is 2. The molecule has 2 fully saturated rings. The summed E-state index contributed by atoms with van der Waals surface area (Å²) in [6.07, 6.45) is 5.59. The van der Waals surface area contributed by atoms with Crippen LogP contribution in [0.2, 0.25) is 0 Å². The summed E-state index contributed by atoms with van der Waals surface area (Å²) in [5.41, 5.74) is 0. The van der Waals surface area contributed by atoms with Crippen LogP contribution in [-0.4, -0.2) is 54.6 Å². The molecule has 1 N–H and O–H groups in total. The van der Waals surface area contributed by atoms with Crippen LogP contribution in [0.3, 0.4) is 0 Å². The number of rotatable bonds is 2. The van der Waals surface area contributed by atoms with Gasteiger partial charge in [-0.1, -0.05) is 0 Å². The highest BCUT2D eigenvalue weighted by Crippen LogP contribution is 2.31. The highest BCUT2D eigenvalue weighted by atomic mass is 15.2. The highest BCUT2D eigenvalue weighted by molar-refractivity contribution is 5.48. The normalized spacial score (nSPS) is 28.0. The van der Waals surface area contributed by atoms with Crippen molar-refractivity contribution >= 4 is 11.6 Å². The van der Waals surface area contributed by atoms with E-state index in [1.165, 1.54) is 25.8 Å². The Morgan fingerprint density at radius 2 is 2.16 bits per heavy atom. The summed E-state index contributed by atoms with van der Waals surface area (Å²) in [6, 6.07) is 2.82. The largest absolute Gasteiger partial charge is 0.373 e. The zero-order valence-electron chi connectivity index (χ0n) is 11.8. The van der Waals surface area contributed by atoms with E-state index in [-0.39, 0.29) is 0 Å². The van der Waals surface area contributed by atoms with E-state index >= 15 is 0 Å². The zero-order valence-corrected chi connectivity index (χ0v) is 11.8. The number of piperidine rings is 2. The Balaban J connectivity index is 1.73. The molecule has 0 aromatic carbocycles. The van der Waals surface area contributed by atoms with E-state index in [0.717, 1.165) is 36.7 Å². The fraction of sp³-hybridized carbons (Fsp3) is 0.714. The van der Waals surface area contributed by atoms with E-state index in [2.05, 4.69) is 32.1 Å². The molecule has 2 atom stereocenters. The molecule has 3 rings (SSSR count). The van der Waals surface area contributed by atoms with Gasteiger partial charge in [-0.25, -0.2) is 9.97 Å². The van der Waals surface area contributed by atoms with Gasteiger partial charge in [0, 0.05) is 32.2 Å². The van der Waals surface area contributed by atoms with Crippen LogP contribution in [0.1, 0.15) is 19.3 Å². The Morgan fingerprint density at radius 3 is 3.00 bits per heavy atom. The van der Waals surface area contributed by atoms with Crippen LogP contribution in [0.4, 0.5) is 11.6 Å². The molecule has 2 aliphatic rings. The van der Waals surface area contributed by atoms with Crippen molar-refractivity contribution in [3.8, 4) is 0 Å². The molecule has 0 radical (unpaired) electrons. The van der Waals surface area contributed by atoms with Crippen LogP contribution in [-0.2, 0) is 0 Å². The molecule has 0 bridgehead atoms. The van der Waals surface area contributed by atoms with Crippen LogP contribution in [0.25, 0.3) is 0 Å². The van der Waals surface area contributed by atoms with Crippen LogP contribution in [0, 0.1) is 5.92 Å². The first kappa shape index (κ1) is 12.7. The van der Waals surface area contributed by atoms with Gasteiger partial charge in [-0.05, 0) is 38.8 Å². The Hall–Kier alpha value is -1.36. The van der Waals surface area contributed by atoms with Gasteiger partial charge < -0.3 is 15.1 Å². The lowest BCUT2D eigenvalue weighted by Gasteiger charge is -2.46. The molecule has 0 saturated carbocycles. The lowest BCUT2D eigenvalue weighted by atomic mass is 9.84. The van der Waals surface area contributed by atoms with E-state index in [9.17, 15) is 0 Å². The lowest BCUT2D eigenvalue weighted by molar-refractivity contribution is 0.102. The summed E-state index contributed by atoms with van der Waals surface area (Å²) < 4.78 is 0. The fourth-order valence-corrected chi connectivity index (χ4v) is 3.52. The second kappa shape index (κ2) is 5.33. The van der Waals surface area contributed by atoms with Crippen molar-refractivity contribution in [2.24, 2.45) is 5.92 Å². The van der Waals surface area contributed by atoms with Crippen molar-refractivity contribution in [2.75, 3.05) is 43.9 Å². The quantitative estimate of drug-likeness (QED) is 0.872. The van der Waals surface area contributed by atoms with Crippen LogP contribution in [0.5, 0.6) is 0 Å². The molecule has 0 aliphatic carbocycles. The lowest BCUT2D eigenvalue weighted by Crippen LogP contribution is -2.52. The Morgan fingerprint density at radius 1 is 1.26 bits per heavy atom. The third-order valence-electron chi connectivity index (χ3n) is 4.58. The molecule has 5 heteroatoms. The maximum Gasteiger partial charge on any atom is 0.134 e. The van der Waals surface area contributed by atoms with Gasteiger partial charge in [0.1, 0.15) is 18.0 Å². The standard InChI is InChI=1S/C14H23N5/c1-15-13-8-14(17-10-16-13)19-7-5-12-11(9-19)4-3-6-18(12)2/h8,10-12H,3-7,9H2,1-2H3,(H,15,16,17). The Labute approximate surface area is 115 Å². The molecule has 5 nitrogen and oxygen atoms in total. The topological polar surface area (TPSA) is 44.3 Å². The van der Waals surface area contributed by atoms with Gasteiger partial charge in [-0.3, -0.25) is 0 Å². The summed E-state index contributed by atoms with van der Waals surface area (Å²) in [4.78, 5) is 13.6. The summed E-state index contributed by atoms with van der Waals surface area (Å²) in [7, 11) is 4.17. The van der Waals surface area contributed by atoms with E-state index < -0.39 is 0 Å². The van der Waals surface area contributed by atoms with Gasteiger partial charge in [0.15, 0.2) is 0 Å². The van der Waals surface area contributed by atoms with Crippen LogP contribution < -0.4 is 10.2 Å². The first-order chi connectivity index (χ1) is 9.28. The van der Waals surface area contributed by atoms with E-state index in [1.807, 2.05) is 13.1 Å². The number of hydrogen-bond acceptors (Lipinski definition) is 5. The first-order valence-corrected chi connectivity index (χ1v) is 7.23. The average Bonchev–Trinajstić information content (AvgIpc) is 2.47. The first-order valence-electron chi connectivity index (χ1n) is 7.23. The predicted molar refractivity (Wildman–Crippen MR) is 77.6 cm³/mol. The average molecular weight is 261 g/mol. The highest BCUT2D eigenvalue weighted by Gasteiger charge is 2.34. The van der Waals surface area contributed by atoms with E-state index in [0.29, 0.717) is 0 Å². The maximum atomic E-state index is 4.43. The van der Waals surface area contributed by atoms with Gasteiger partial charge in [-0.15, -0.1) is 0 Å². The molecule has 2 aliphatic heterocycles. The summed E-state index contributed by atoms with van der Waals surface area (Å²) >= 11 is 0. The molecule has 1 aromatic rings. The van der Waals surface area contributed by atoms with Crippen molar-refractivity contribution in [1.82, 2.24) is 14.9 Å². The predicted octanol–water partition coefficient (Wildman–Crippen LogP) is 1.44. The van der Waals surface area contributed by atoms with Gasteiger partial charge in [-0.2, -0.15) is 0 Å². The Kier molecular flexibility index (Phi) is 3.55. The van der Waals surface area contributed by atoms with Crippen molar-refractivity contribution in [3.63, 3.8) is 0 Å². The minimum Gasteiger partial charge on any atom is -0.373 e. The van der Waals surface area contributed by atoms with Crippen molar-refractivity contribution in [1.29, 1.82) is 0 Å². The Bertz CT molecular complexity index is 436. The minimum absolute atomic E-state index is 0.774. The number of fused-ring (bicyclic) bond motifs is 1. The monoisotopic (exact) mass is 261 g/mol. The number of likely N-dealkylation sites (tertiary alicyclic amines) is 1. The van der Waals surface area contributed by atoms with E-state index in [1.54, 1.807) is 6.33 Å².